The number of hydrogen-bond acceptors (Lipinski definition) is 1. The molecule has 0 bridgehead atoms. The van der Waals surface area contributed by atoms with Gasteiger partial charge in [-0.1, -0.05) is 39.8 Å². The highest BCUT2D eigenvalue weighted by Crippen LogP contribution is 2.36. The molecule has 0 heterocycles. The molecule has 0 aliphatic heterocycles. The fraction of sp³-hybridized carbons (Fsp3) is 0.667. The first-order chi connectivity index (χ1) is 9.00. The van der Waals surface area contributed by atoms with Crippen LogP contribution < -0.4 is 5.32 Å². The van der Waals surface area contributed by atoms with Crippen LogP contribution in [-0.4, -0.2) is 6.04 Å². The number of nitrogens with one attached hydrogen (secondary N) is 1. The minimum Gasteiger partial charge on any atom is -0.382 e. The van der Waals surface area contributed by atoms with Gasteiger partial charge in [-0.3, -0.25) is 0 Å². The van der Waals surface area contributed by atoms with Crippen molar-refractivity contribution in [3.8, 4) is 0 Å². The fourth-order valence-corrected chi connectivity index (χ4v) is 2.92. The van der Waals surface area contributed by atoms with Gasteiger partial charge in [-0.25, -0.2) is 0 Å². The second-order valence-electron chi connectivity index (χ2n) is 7.01. The Morgan fingerprint density at radius 1 is 1.16 bits per heavy atom. The SMILES string of the molecule is CCC(C)c1ccc(NC2CCC(C)(C)CC2)cc1. The quantitative estimate of drug-likeness (QED) is 0.744. The molecule has 106 valence electrons. The lowest BCUT2D eigenvalue weighted by atomic mass is 9.75. The number of hydrogen-bond donors (Lipinski definition) is 1. The molecule has 0 spiro atoms. The second kappa shape index (κ2) is 5.98. The highest BCUT2D eigenvalue weighted by atomic mass is 14.9. The molecule has 2 rings (SSSR count). The summed E-state index contributed by atoms with van der Waals surface area (Å²) in [6, 6.07) is 9.73. The summed E-state index contributed by atoms with van der Waals surface area (Å²) in [5, 5.41) is 3.70. The number of anilines is 1. The molecule has 1 heteroatoms. The average molecular weight is 259 g/mol. The van der Waals surface area contributed by atoms with Crippen molar-refractivity contribution in [3.05, 3.63) is 29.8 Å². The van der Waals surface area contributed by atoms with E-state index in [-0.39, 0.29) is 0 Å². The molecule has 0 aromatic heterocycles. The topological polar surface area (TPSA) is 12.0 Å². The summed E-state index contributed by atoms with van der Waals surface area (Å²) >= 11 is 0. The Labute approximate surface area is 118 Å². The van der Waals surface area contributed by atoms with Crippen LogP contribution in [0, 0.1) is 5.41 Å². The van der Waals surface area contributed by atoms with Crippen molar-refractivity contribution in [2.24, 2.45) is 5.41 Å². The van der Waals surface area contributed by atoms with Crippen LogP contribution in [0.25, 0.3) is 0 Å². The van der Waals surface area contributed by atoms with Gasteiger partial charge in [0.1, 0.15) is 0 Å². The maximum absolute atomic E-state index is 3.70. The smallest absolute Gasteiger partial charge is 0.0342 e. The Kier molecular flexibility index (Phi) is 4.54. The van der Waals surface area contributed by atoms with E-state index < -0.39 is 0 Å². The molecule has 1 unspecified atom stereocenters. The van der Waals surface area contributed by atoms with Gasteiger partial charge in [0, 0.05) is 11.7 Å². The molecule has 1 N–H and O–H groups in total. The van der Waals surface area contributed by atoms with Gasteiger partial charge in [-0.15, -0.1) is 0 Å². The molecule has 1 saturated carbocycles. The summed E-state index contributed by atoms with van der Waals surface area (Å²) in [6.07, 6.45) is 6.51. The van der Waals surface area contributed by atoms with E-state index in [1.54, 1.807) is 0 Å². The summed E-state index contributed by atoms with van der Waals surface area (Å²) in [6.45, 7) is 9.33. The Morgan fingerprint density at radius 2 is 1.74 bits per heavy atom. The van der Waals surface area contributed by atoms with Crippen LogP contribution in [0.1, 0.15) is 71.3 Å². The molecule has 19 heavy (non-hydrogen) atoms. The average Bonchev–Trinajstić information content (AvgIpc) is 2.41. The molecule has 1 aliphatic carbocycles. The zero-order valence-electron chi connectivity index (χ0n) is 13.0. The van der Waals surface area contributed by atoms with Crippen LogP contribution in [0.3, 0.4) is 0 Å². The highest BCUT2D eigenvalue weighted by Gasteiger charge is 2.26. The molecule has 1 aliphatic rings. The van der Waals surface area contributed by atoms with Crippen LogP contribution in [0.2, 0.25) is 0 Å². The zero-order valence-corrected chi connectivity index (χ0v) is 13.0. The Bertz CT molecular complexity index is 381. The molecule has 0 radical (unpaired) electrons. The van der Waals surface area contributed by atoms with Crippen molar-refractivity contribution in [1.29, 1.82) is 0 Å². The summed E-state index contributed by atoms with van der Waals surface area (Å²) in [7, 11) is 0. The van der Waals surface area contributed by atoms with Crippen LogP contribution in [0.15, 0.2) is 24.3 Å². The van der Waals surface area contributed by atoms with E-state index in [9.17, 15) is 0 Å². The first-order valence-corrected chi connectivity index (χ1v) is 7.87. The number of benzene rings is 1. The maximum Gasteiger partial charge on any atom is 0.0342 e. The van der Waals surface area contributed by atoms with E-state index in [1.807, 2.05) is 0 Å². The third-order valence-electron chi connectivity index (χ3n) is 4.80. The van der Waals surface area contributed by atoms with Crippen LogP contribution in [0.4, 0.5) is 5.69 Å². The standard InChI is InChI=1S/C18H29N/c1-5-14(2)15-6-8-16(9-7-15)19-17-10-12-18(3,4)13-11-17/h6-9,14,17,19H,5,10-13H2,1-4H3. The van der Waals surface area contributed by atoms with Crippen LogP contribution in [-0.2, 0) is 0 Å². The summed E-state index contributed by atoms with van der Waals surface area (Å²) in [5.74, 6) is 0.671. The zero-order chi connectivity index (χ0) is 13.9. The fourth-order valence-electron chi connectivity index (χ4n) is 2.92. The van der Waals surface area contributed by atoms with Gasteiger partial charge in [0.25, 0.3) is 0 Å². The molecule has 1 fully saturated rings. The minimum atomic E-state index is 0.554. The molecular weight excluding hydrogens is 230 g/mol. The Balaban J connectivity index is 1.90. The van der Waals surface area contributed by atoms with Crippen LogP contribution >= 0.6 is 0 Å². The normalized spacial score (nSPS) is 21.1. The van der Waals surface area contributed by atoms with Gasteiger partial charge in [0.05, 0.1) is 0 Å². The van der Waals surface area contributed by atoms with Crippen molar-refractivity contribution in [2.45, 2.75) is 71.8 Å². The second-order valence-corrected chi connectivity index (χ2v) is 7.01. The van der Waals surface area contributed by atoms with Gasteiger partial charge in [-0.05, 0) is 61.1 Å². The largest absolute Gasteiger partial charge is 0.382 e. The van der Waals surface area contributed by atoms with E-state index in [0.717, 1.165) is 0 Å². The third-order valence-corrected chi connectivity index (χ3v) is 4.80. The highest BCUT2D eigenvalue weighted by molar-refractivity contribution is 5.46. The van der Waals surface area contributed by atoms with E-state index in [0.29, 0.717) is 17.4 Å². The van der Waals surface area contributed by atoms with E-state index >= 15 is 0 Å². The maximum atomic E-state index is 3.70. The summed E-state index contributed by atoms with van der Waals surface area (Å²) in [5.41, 5.74) is 3.30. The monoisotopic (exact) mass is 259 g/mol. The first kappa shape index (κ1) is 14.4. The van der Waals surface area contributed by atoms with Gasteiger partial charge in [0.15, 0.2) is 0 Å². The van der Waals surface area contributed by atoms with Gasteiger partial charge in [0.2, 0.25) is 0 Å². The van der Waals surface area contributed by atoms with Gasteiger partial charge >= 0.3 is 0 Å². The van der Waals surface area contributed by atoms with E-state index in [4.69, 9.17) is 0 Å². The van der Waals surface area contributed by atoms with Crippen molar-refractivity contribution < 1.29 is 0 Å². The molecule has 1 aromatic carbocycles. The van der Waals surface area contributed by atoms with E-state index in [1.165, 1.54) is 43.4 Å². The van der Waals surface area contributed by atoms with Crippen molar-refractivity contribution in [2.75, 3.05) is 5.32 Å². The lowest BCUT2D eigenvalue weighted by Crippen LogP contribution is -2.29. The molecule has 0 saturated heterocycles. The van der Waals surface area contributed by atoms with Crippen LogP contribution in [0.5, 0.6) is 0 Å². The Hall–Kier alpha value is -0.980. The summed E-state index contributed by atoms with van der Waals surface area (Å²) in [4.78, 5) is 0. The van der Waals surface area contributed by atoms with Crippen molar-refractivity contribution in [1.82, 2.24) is 0 Å². The van der Waals surface area contributed by atoms with Crippen molar-refractivity contribution >= 4 is 5.69 Å². The predicted octanol–water partition coefficient (Wildman–Crippen LogP) is 5.58. The third kappa shape index (κ3) is 3.99. The molecule has 1 atom stereocenters. The number of rotatable bonds is 4. The lowest BCUT2D eigenvalue weighted by molar-refractivity contribution is 0.232. The lowest BCUT2D eigenvalue weighted by Gasteiger charge is -2.35. The molecule has 1 nitrogen and oxygen atoms in total. The molecule has 0 amide bonds. The Morgan fingerprint density at radius 3 is 2.26 bits per heavy atom. The minimum absolute atomic E-state index is 0.554. The molecular formula is C18H29N. The molecule has 1 aromatic rings. The van der Waals surface area contributed by atoms with Gasteiger partial charge < -0.3 is 5.32 Å². The van der Waals surface area contributed by atoms with Gasteiger partial charge in [-0.2, -0.15) is 0 Å². The van der Waals surface area contributed by atoms with E-state index in [2.05, 4.69) is 57.3 Å². The predicted molar refractivity (Wildman–Crippen MR) is 84.8 cm³/mol. The summed E-state index contributed by atoms with van der Waals surface area (Å²) < 4.78 is 0. The first-order valence-electron chi connectivity index (χ1n) is 7.87. The van der Waals surface area contributed by atoms with Crippen molar-refractivity contribution in [3.63, 3.8) is 0 Å².